The second-order valence-corrected chi connectivity index (χ2v) is 3.78. The smallest absolute Gasteiger partial charge is 0.378 e. The second-order valence-electron chi connectivity index (χ2n) is 3.78. The summed E-state index contributed by atoms with van der Waals surface area (Å²) in [6, 6.07) is 6.44. The van der Waals surface area contributed by atoms with Gasteiger partial charge in [0, 0.05) is 25.3 Å². The molecule has 0 atom stereocenters. The maximum atomic E-state index is 11.8. The number of benzene rings is 1. The molecule has 0 aromatic heterocycles. The van der Waals surface area contributed by atoms with Crippen molar-refractivity contribution >= 4 is 11.6 Å². The van der Waals surface area contributed by atoms with Crippen LogP contribution in [0.1, 0.15) is 10.4 Å². The number of nitrogens with zero attached hydrogens (tertiary/aromatic N) is 1. The molecule has 1 rings (SSSR count). The third-order valence-electron chi connectivity index (χ3n) is 2.03. The van der Waals surface area contributed by atoms with Gasteiger partial charge in [-0.05, 0) is 18.2 Å². The van der Waals surface area contributed by atoms with Gasteiger partial charge in [-0.15, -0.1) is 0 Å². The Bertz CT molecular complexity index is 419. The van der Waals surface area contributed by atoms with E-state index in [1.807, 2.05) is 0 Å². The number of hydrogen-bond acceptors (Lipinski definition) is 3. The molecule has 0 saturated carbocycles. The molecule has 1 amide bonds. The predicted molar refractivity (Wildman–Crippen MR) is 60.2 cm³/mol. The van der Waals surface area contributed by atoms with Crippen molar-refractivity contribution in [2.75, 3.05) is 25.6 Å². The molecular formula is C11H13F3N2O2. The summed E-state index contributed by atoms with van der Waals surface area (Å²) >= 11 is 0. The van der Waals surface area contributed by atoms with Gasteiger partial charge in [-0.2, -0.15) is 13.2 Å². The number of rotatable bonds is 4. The Balaban J connectivity index is 2.59. The first-order valence-corrected chi connectivity index (χ1v) is 5.06. The number of halogens is 3. The zero-order valence-electron chi connectivity index (χ0n) is 9.91. The Kier molecular flexibility index (Phi) is 4.55. The van der Waals surface area contributed by atoms with E-state index in [0.29, 0.717) is 0 Å². The number of carbonyl (C=O) groups is 1. The molecule has 0 saturated heterocycles. The standard InChI is InChI=1S/C11H13F3N2O2/c1-16(2)9-5-3-4-8(6-9)10(17)15-18-7-11(12,13)14/h3-6H,7H2,1-2H3,(H,15,17). The van der Waals surface area contributed by atoms with Crippen LogP contribution in [0.2, 0.25) is 0 Å². The van der Waals surface area contributed by atoms with Gasteiger partial charge in [-0.25, -0.2) is 5.48 Å². The van der Waals surface area contributed by atoms with Crippen LogP contribution in [-0.2, 0) is 4.84 Å². The monoisotopic (exact) mass is 262 g/mol. The van der Waals surface area contributed by atoms with Crippen LogP contribution < -0.4 is 10.4 Å². The topological polar surface area (TPSA) is 41.6 Å². The zero-order valence-corrected chi connectivity index (χ0v) is 9.91. The quantitative estimate of drug-likeness (QED) is 0.843. The summed E-state index contributed by atoms with van der Waals surface area (Å²) in [4.78, 5) is 17.3. The van der Waals surface area contributed by atoms with E-state index in [4.69, 9.17) is 0 Å². The summed E-state index contributed by atoms with van der Waals surface area (Å²) in [6.45, 7) is -1.52. The third-order valence-corrected chi connectivity index (χ3v) is 2.03. The molecule has 0 spiro atoms. The minimum absolute atomic E-state index is 0.225. The van der Waals surface area contributed by atoms with E-state index >= 15 is 0 Å². The lowest BCUT2D eigenvalue weighted by Crippen LogP contribution is -2.29. The lowest BCUT2D eigenvalue weighted by molar-refractivity contribution is -0.184. The molecule has 0 aliphatic rings. The minimum Gasteiger partial charge on any atom is -0.378 e. The van der Waals surface area contributed by atoms with Gasteiger partial charge in [0.15, 0.2) is 6.61 Å². The molecule has 0 aliphatic carbocycles. The second kappa shape index (κ2) is 5.72. The van der Waals surface area contributed by atoms with Crippen molar-refractivity contribution in [3.8, 4) is 0 Å². The van der Waals surface area contributed by atoms with E-state index in [9.17, 15) is 18.0 Å². The van der Waals surface area contributed by atoms with Crippen LogP contribution in [0.3, 0.4) is 0 Å². The Morgan fingerprint density at radius 3 is 2.61 bits per heavy atom. The molecule has 0 unspecified atom stereocenters. The molecule has 100 valence electrons. The normalized spacial score (nSPS) is 11.2. The Morgan fingerprint density at radius 1 is 1.39 bits per heavy atom. The van der Waals surface area contributed by atoms with Crippen molar-refractivity contribution in [2.45, 2.75) is 6.18 Å². The van der Waals surface area contributed by atoms with E-state index in [0.717, 1.165) is 5.69 Å². The predicted octanol–water partition coefficient (Wildman–Crippen LogP) is 1.98. The summed E-state index contributed by atoms with van der Waals surface area (Å²) in [5, 5.41) is 0. The Hall–Kier alpha value is -1.76. The molecule has 0 heterocycles. The first-order valence-electron chi connectivity index (χ1n) is 5.06. The molecule has 18 heavy (non-hydrogen) atoms. The van der Waals surface area contributed by atoms with Crippen molar-refractivity contribution in [3.63, 3.8) is 0 Å². The van der Waals surface area contributed by atoms with E-state index in [1.54, 1.807) is 42.7 Å². The third kappa shape index (κ3) is 4.62. The van der Waals surface area contributed by atoms with Crippen LogP contribution in [0.25, 0.3) is 0 Å². The van der Waals surface area contributed by atoms with Crippen LogP contribution in [0.5, 0.6) is 0 Å². The van der Waals surface area contributed by atoms with E-state index in [2.05, 4.69) is 4.84 Å². The van der Waals surface area contributed by atoms with Gasteiger partial charge in [0.1, 0.15) is 0 Å². The summed E-state index contributed by atoms with van der Waals surface area (Å²) in [7, 11) is 3.58. The van der Waals surface area contributed by atoms with Crippen LogP contribution in [0.15, 0.2) is 24.3 Å². The fourth-order valence-corrected chi connectivity index (χ4v) is 1.17. The highest BCUT2D eigenvalue weighted by molar-refractivity contribution is 5.94. The van der Waals surface area contributed by atoms with Crippen LogP contribution >= 0.6 is 0 Å². The maximum Gasteiger partial charge on any atom is 0.414 e. The van der Waals surface area contributed by atoms with Gasteiger partial charge in [0.2, 0.25) is 0 Å². The number of hydrogen-bond donors (Lipinski definition) is 1. The lowest BCUT2D eigenvalue weighted by Gasteiger charge is -2.13. The molecular weight excluding hydrogens is 249 g/mol. The SMILES string of the molecule is CN(C)c1cccc(C(=O)NOCC(F)(F)F)c1. The van der Waals surface area contributed by atoms with Gasteiger partial charge in [0.25, 0.3) is 5.91 Å². The molecule has 1 aromatic rings. The molecule has 0 radical (unpaired) electrons. The summed E-state index contributed by atoms with van der Waals surface area (Å²) in [5.74, 6) is -0.719. The van der Waals surface area contributed by atoms with Gasteiger partial charge < -0.3 is 4.90 Å². The molecule has 0 aliphatic heterocycles. The highest BCUT2D eigenvalue weighted by Crippen LogP contribution is 2.15. The first-order chi connectivity index (χ1) is 8.29. The summed E-state index contributed by atoms with van der Waals surface area (Å²) < 4.78 is 35.4. The van der Waals surface area contributed by atoms with Gasteiger partial charge in [-0.1, -0.05) is 6.07 Å². The van der Waals surface area contributed by atoms with Crippen molar-refractivity contribution in [1.29, 1.82) is 0 Å². The number of carbonyl (C=O) groups excluding carboxylic acids is 1. The van der Waals surface area contributed by atoms with Crippen molar-refractivity contribution in [3.05, 3.63) is 29.8 Å². The zero-order chi connectivity index (χ0) is 13.8. The molecule has 1 aromatic carbocycles. The number of hydroxylamine groups is 1. The van der Waals surface area contributed by atoms with Gasteiger partial charge >= 0.3 is 6.18 Å². The Labute approximate surface area is 102 Å². The largest absolute Gasteiger partial charge is 0.414 e. The molecule has 0 fully saturated rings. The maximum absolute atomic E-state index is 11.8. The van der Waals surface area contributed by atoms with Crippen LogP contribution in [0.4, 0.5) is 18.9 Å². The highest BCUT2D eigenvalue weighted by Gasteiger charge is 2.28. The number of alkyl halides is 3. The number of nitrogens with one attached hydrogen (secondary N) is 1. The average Bonchev–Trinajstić information content (AvgIpc) is 2.27. The number of anilines is 1. The lowest BCUT2D eigenvalue weighted by atomic mass is 10.2. The van der Waals surface area contributed by atoms with E-state index in [-0.39, 0.29) is 5.56 Å². The van der Waals surface area contributed by atoms with Crippen molar-refractivity contribution in [1.82, 2.24) is 5.48 Å². The highest BCUT2D eigenvalue weighted by atomic mass is 19.4. The van der Waals surface area contributed by atoms with Crippen LogP contribution in [-0.4, -0.2) is 32.8 Å². The molecule has 7 heteroatoms. The average molecular weight is 262 g/mol. The minimum atomic E-state index is -4.47. The molecule has 4 nitrogen and oxygen atoms in total. The van der Waals surface area contributed by atoms with Crippen molar-refractivity contribution < 1.29 is 22.8 Å². The summed E-state index contributed by atoms with van der Waals surface area (Å²) in [5.41, 5.74) is 2.73. The number of amides is 1. The molecule has 1 N–H and O–H groups in total. The van der Waals surface area contributed by atoms with E-state index < -0.39 is 18.7 Å². The first kappa shape index (κ1) is 14.3. The Morgan fingerprint density at radius 2 is 2.06 bits per heavy atom. The van der Waals surface area contributed by atoms with Gasteiger partial charge in [-0.3, -0.25) is 9.63 Å². The fourth-order valence-electron chi connectivity index (χ4n) is 1.17. The van der Waals surface area contributed by atoms with Gasteiger partial charge in [0.05, 0.1) is 0 Å². The van der Waals surface area contributed by atoms with E-state index in [1.165, 1.54) is 6.07 Å². The fraction of sp³-hybridized carbons (Fsp3) is 0.364. The summed E-state index contributed by atoms with van der Waals surface area (Å²) in [6.07, 6.45) is -4.47. The molecule has 0 bridgehead atoms. The van der Waals surface area contributed by atoms with Crippen LogP contribution in [0, 0.1) is 0 Å². The van der Waals surface area contributed by atoms with Crippen molar-refractivity contribution in [2.24, 2.45) is 0 Å².